The molecule has 0 spiro atoms. The Morgan fingerprint density at radius 2 is 2.27 bits per heavy atom. The fourth-order valence-electron chi connectivity index (χ4n) is 1.36. The van der Waals surface area contributed by atoms with Gasteiger partial charge in [-0.15, -0.1) is 0 Å². The Hall–Kier alpha value is -1.31. The molecule has 0 bridgehead atoms. The maximum atomic E-state index is 5.31. The number of pyridine rings is 1. The van der Waals surface area contributed by atoms with Gasteiger partial charge in [-0.05, 0) is 13.0 Å². The lowest BCUT2D eigenvalue weighted by Gasteiger charge is -1.87. The van der Waals surface area contributed by atoms with Crippen LogP contribution in [0.4, 0.5) is 0 Å². The van der Waals surface area contributed by atoms with Crippen molar-refractivity contribution >= 4 is 11.1 Å². The minimum absolute atomic E-state index is 0.951. The molecule has 0 atom stereocenters. The van der Waals surface area contributed by atoms with Gasteiger partial charge in [-0.3, -0.25) is 0 Å². The standard InChI is InChI=1S/C9H10NO/c1-7-6-11-8-4-3-5-10(2)9(7)8/h3-6H,1-2H3/q+1. The van der Waals surface area contributed by atoms with Crippen LogP contribution >= 0.6 is 0 Å². The van der Waals surface area contributed by atoms with Gasteiger partial charge in [-0.25, -0.2) is 0 Å². The van der Waals surface area contributed by atoms with Crippen LogP contribution in [-0.2, 0) is 7.05 Å². The highest BCUT2D eigenvalue weighted by Crippen LogP contribution is 2.14. The predicted molar refractivity (Wildman–Crippen MR) is 42.1 cm³/mol. The summed E-state index contributed by atoms with van der Waals surface area (Å²) in [5.74, 6) is 0. The third-order valence-corrected chi connectivity index (χ3v) is 1.88. The van der Waals surface area contributed by atoms with Gasteiger partial charge in [-0.2, -0.15) is 4.57 Å². The van der Waals surface area contributed by atoms with Crippen molar-refractivity contribution in [3.05, 3.63) is 30.2 Å². The zero-order valence-electron chi connectivity index (χ0n) is 6.66. The summed E-state index contributed by atoms with van der Waals surface area (Å²) in [5, 5.41) is 0. The number of fused-ring (bicyclic) bond motifs is 1. The molecule has 0 fully saturated rings. The van der Waals surface area contributed by atoms with Crippen LogP contribution in [0.2, 0.25) is 0 Å². The Balaban J connectivity index is 2.96. The summed E-state index contributed by atoms with van der Waals surface area (Å²) in [6, 6.07) is 3.95. The number of nitrogens with zero attached hydrogens (tertiary/aromatic N) is 1. The fourth-order valence-corrected chi connectivity index (χ4v) is 1.36. The van der Waals surface area contributed by atoms with Crippen LogP contribution in [0, 0.1) is 6.92 Å². The van der Waals surface area contributed by atoms with E-state index in [1.54, 1.807) is 6.26 Å². The number of aryl methyl sites for hydroxylation is 2. The normalized spacial score (nSPS) is 10.7. The molecule has 2 nitrogen and oxygen atoms in total. The highest BCUT2D eigenvalue weighted by Gasteiger charge is 2.09. The third kappa shape index (κ3) is 0.827. The topological polar surface area (TPSA) is 17.0 Å². The second-order valence-corrected chi connectivity index (χ2v) is 2.75. The molecule has 2 heterocycles. The third-order valence-electron chi connectivity index (χ3n) is 1.88. The van der Waals surface area contributed by atoms with E-state index in [0.29, 0.717) is 0 Å². The maximum absolute atomic E-state index is 5.31. The Morgan fingerprint density at radius 1 is 1.45 bits per heavy atom. The van der Waals surface area contributed by atoms with Gasteiger partial charge in [-0.1, -0.05) is 0 Å². The highest BCUT2D eigenvalue weighted by molar-refractivity contribution is 5.72. The molecule has 2 aromatic heterocycles. The van der Waals surface area contributed by atoms with Gasteiger partial charge in [0.25, 0.3) is 5.52 Å². The summed E-state index contributed by atoms with van der Waals surface area (Å²) in [7, 11) is 2.02. The number of hydrogen-bond donors (Lipinski definition) is 0. The number of furan rings is 1. The van der Waals surface area contributed by atoms with Crippen LogP contribution in [0.5, 0.6) is 0 Å². The molecule has 0 saturated carbocycles. The van der Waals surface area contributed by atoms with Crippen LogP contribution in [0.3, 0.4) is 0 Å². The number of rotatable bonds is 0. The summed E-state index contributed by atoms with van der Waals surface area (Å²) in [6.07, 6.45) is 3.80. The van der Waals surface area contributed by atoms with Gasteiger partial charge in [0, 0.05) is 6.07 Å². The van der Waals surface area contributed by atoms with Crippen LogP contribution in [0.15, 0.2) is 29.0 Å². The molecule has 56 valence electrons. The van der Waals surface area contributed by atoms with Crippen LogP contribution in [0.1, 0.15) is 5.56 Å². The fraction of sp³-hybridized carbons (Fsp3) is 0.222. The summed E-state index contributed by atoms with van der Waals surface area (Å²) in [5.41, 5.74) is 3.31. The molecule has 0 aromatic carbocycles. The van der Waals surface area contributed by atoms with E-state index in [1.165, 1.54) is 11.1 Å². The molecule has 0 N–H and O–H groups in total. The molecule has 0 aliphatic rings. The van der Waals surface area contributed by atoms with Crippen LogP contribution in [0.25, 0.3) is 11.1 Å². The first kappa shape index (κ1) is 6.40. The van der Waals surface area contributed by atoms with Gasteiger partial charge < -0.3 is 4.42 Å². The first-order chi connectivity index (χ1) is 5.29. The van der Waals surface area contributed by atoms with Gasteiger partial charge in [0.15, 0.2) is 11.8 Å². The highest BCUT2D eigenvalue weighted by atomic mass is 16.3. The van der Waals surface area contributed by atoms with E-state index in [9.17, 15) is 0 Å². The zero-order valence-corrected chi connectivity index (χ0v) is 6.66. The van der Waals surface area contributed by atoms with Gasteiger partial charge in [0.1, 0.15) is 13.3 Å². The van der Waals surface area contributed by atoms with Crippen LogP contribution in [-0.4, -0.2) is 0 Å². The molecule has 2 heteroatoms. The minimum Gasteiger partial charge on any atom is -0.457 e. The molecule has 0 unspecified atom stereocenters. The smallest absolute Gasteiger partial charge is 0.254 e. The Morgan fingerprint density at radius 3 is 3.00 bits per heavy atom. The van der Waals surface area contributed by atoms with Crippen molar-refractivity contribution in [2.24, 2.45) is 7.05 Å². The largest absolute Gasteiger partial charge is 0.457 e. The molecule has 11 heavy (non-hydrogen) atoms. The number of hydrogen-bond acceptors (Lipinski definition) is 1. The Kier molecular flexibility index (Phi) is 1.22. The lowest BCUT2D eigenvalue weighted by atomic mass is 10.3. The summed E-state index contributed by atoms with van der Waals surface area (Å²) in [4.78, 5) is 0. The van der Waals surface area contributed by atoms with Crippen molar-refractivity contribution < 1.29 is 8.98 Å². The molecule has 0 saturated heterocycles. The molecule has 2 aromatic rings. The zero-order chi connectivity index (χ0) is 7.84. The van der Waals surface area contributed by atoms with Crippen LogP contribution < -0.4 is 4.57 Å². The summed E-state index contributed by atoms with van der Waals surface area (Å²) >= 11 is 0. The van der Waals surface area contributed by atoms with E-state index in [4.69, 9.17) is 4.42 Å². The number of aromatic nitrogens is 1. The summed E-state index contributed by atoms with van der Waals surface area (Å²) < 4.78 is 7.37. The quantitative estimate of drug-likeness (QED) is 0.518. The maximum Gasteiger partial charge on any atom is 0.254 e. The molecule has 2 rings (SSSR count). The average molecular weight is 148 g/mol. The molecular formula is C9H10NO+. The van der Waals surface area contributed by atoms with Crippen molar-refractivity contribution in [2.75, 3.05) is 0 Å². The molecule has 0 radical (unpaired) electrons. The Bertz CT molecular complexity index is 389. The van der Waals surface area contributed by atoms with Gasteiger partial charge in [0.05, 0.1) is 5.56 Å². The molecular weight excluding hydrogens is 138 g/mol. The second kappa shape index (κ2) is 2.09. The lowest BCUT2D eigenvalue weighted by Crippen LogP contribution is -2.27. The first-order valence-electron chi connectivity index (χ1n) is 3.61. The van der Waals surface area contributed by atoms with Crippen molar-refractivity contribution in [1.82, 2.24) is 0 Å². The van der Waals surface area contributed by atoms with E-state index < -0.39 is 0 Å². The predicted octanol–water partition coefficient (Wildman–Crippen LogP) is 1.57. The SMILES string of the molecule is Cc1coc2ccc[n+](C)c12. The van der Waals surface area contributed by atoms with E-state index in [-0.39, 0.29) is 0 Å². The van der Waals surface area contributed by atoms with E-state index in [1.807, 2.05) is 32.3 Å². The van der Waals surface area contributed by atoms with E-state index in [0.717, 1.165) is 5.58 Å². The van der Waals surface area contributed by atoms with Crippen molar-refractivity contribution in [1.29, 1.82) is 0 Å². The Labute approximate surface area is 65.1 Å². The molecule has 0 aliphatic heterocycles. The summed E-state index contributed by atoms with van der Waals surface area (Å²) in [6.45, 7) is 2.05. The molecule has 0 aliphatic carbocycles. The minimum atomic E-state index is 0.951. The molecule has 0 amide bonds. The van der Waals surface area contributed by atoms with Gasteiger partial charge >= 0.3 is 0 Å². The second-order valence-electron chi connectivity index (χ2n) is 2.75. The first-order valence-corrected chi connectivity index (χ1v) is 3.61. The monoisotopic (exact) mass is 148 g/mol. The van der Waals surface area contributed by atoms with E-state index >= 15 is 0 Å². The van der Waals surface area contributed by atoms with Crippen molar-refractivity contribution in [2.45, 2.75) is 6.92 Å². The van der Waals surface area contributed by atoms with Crippen molar-refractivity contribution in [3.63, 3.8) is 0 Å². The average Bonchev–Trinajstić information content (AvgIpc) is 2.34. The van der Waals surface area contributed by atoms with Gasteiger partial charge in [0.2, 0.25) is 0 Å². The van der Waals surface area contributed by atoms with Crippen molar-refractivity contribution in [3.8, 4) is 0 Å². The van der Waals surface area contributed by atoms with E-state index in [2.05, 4.69) is 4.57 Å². The lowest BCUT2D eigenvalue weighted by molar-refractivity contribution is -0.645.